The number of carboxylic acid groups (broad SMARTS) is 1. The van der Waals surface area contributed by atoms with Gasteiger partial charge in [-0.1, -0.05) is 6.42 Å². The zero-order chi connectivity index (χ0) is 20.8. The van der Waals surface area contributed by atoms with Gasteiger partial charge in [0.2, 0.25) is 5.91 Å². The van der Waals surface area contributed by atoms with Crippen LogP contribution >= 0.6 is 0 Å². The maximum Gasteiger partial charge on any atom is 0.306 e. The largest absolute Gasteiger partial charge is 0.494 e. The number of aliphatic carboxylic acids is 1. The van der Waals surface area contributed by atoms with Gasteiger partial charge in [-0.3, -0.25) is 19.4 Å². The van der Waals surface area contributed by atoms with E-state index in [1.807, 2.05) is 0 Å². The van der Waals surface area contributed by atoms with Crippen LogP contribution in [-0.2, 0) is 9.59 Å². The molecule has 0 saturated heterocycles. The lowest BCUT2D eigenvalue weighted by atomic mass is 9.81. The first-order chi connectivity index (χ1) is 14.0. The highest BCUT2D eigenvalue weighted by Gasteiger charge is 2.31. The Labute approximate surface area is 168 Å². The molecule has 3 rings (SSSR count). The Hall–Kier alpha value is -3.42. The monoisotopic (exact) mass is 397 g/mol. The van der Waals surface area contributed by atoms with Gasteiger partial charge in [0.1, 0.15) is 5.75 Å². The van der Waals surface area contributed by atoms with Gasteiger partial charge in [0.25, 0.3) is 5.91 Å². The number of nitrogens with one attached hydrogen (secondary N) is 2. The number of anilines is 2. The number of hydrogen-bond acceptors (Lipinski definition) is 5. The van der Waals surface area contributed by atoms with Crippen molar-refractivity contribution in [3.05, 3.63) is 48.3 Å². The number of methoxy groups -OCH3 is 1. The Morgan fingerprint density at radius 2 is 1.93 bits per heavy atom. The molecule has 0 aliphatic heterocycles. The van der Waals surface area contributed by atoms with Crippen LogP contribution in [0.2, 0.25) is 0 Å². The van der Waals surface area contributed by atoms with Crippen molar-refractivity contribution in [3.8, 4) is 5.75 Å². The van der Waals surface area contributed by atoms with Crippen LogP contribution in [0.25, 0.3) is 0 Å². The number of hydrogen-bond donors (Lipinski definition) is 3. The van der Waals surface area contributed by atoms with Crippen LogP contribution in [-0.4, -0.2) is 35.0 Å². The summed E-state index contributed by atoms with van der Waals surface area (Å²) < 4.78 is 5.34. The van der Waals surface area contributed by atoms with E-state index in [4.69, 9.17) is 4.74 Å². The molecule has 29 heavy (non-hydrogen) atoms. The first-order valence-electron chi connectivity index (χ1n) is 9.41. The normalized spacial score (nSPS) is 18.5. The molecule has 1 fully saturated rings. The third-order valence-electron chi connectivity index (χ3n) is 5.04. The third kappa shape index (κ3) is 5.10. The highest BCUT2D eigenvalue weighted by Crippen LogP contribution is 2.32. The zero-order valence-corrected chi connectivity index (χ0v) is 16.1. The Morgan fingerprint density at radius 1 is 1.14 bits per heavy atom. The van der Waals surface area contributed by atoms with Crippen LogP contribution in [0.3, 0.4) is 0 Å². The van der Waals surface area contributed by atoms with Crippen molar-refractivity contribution >= 4 is 29.2 Å². The molecule has 152 valence electrons. The van der Waals surface area contributed by atoms with Crippen LogP contribution in [0.4, 0.5) is 11.4 Å². The average Bonchev–Trinajstić information content (AvgIpc) is 2.75. The number of benzene rings is 1. The van der Waals surface area contributed by atoms with E-state index in [2.05, 4.69) is 15.6 Å². The Bertz CT molecular complexity index is 900. The van der Waals surface area contributed by atoms with E-state index in [0.717, 1.165) is 6.42 Å². The second-order valence-electron chi connectivity index (χ2n) is 7.00. The summed E-state index contributed by atoms with van der Waals surface area (Å²) in [6.45, 7) is 0. The van der Waals surface area contributed by atoms with Crippen molar-refractivity contribution in [2.45, 2.75) is 25.7 Å². The second-order valence-corrected chi connectivity index (χ2v) is 7.00. The van der Waals surface area contributed by atoms with Gasteiger partial charge < -0.3 is 20.5 Å². The molecular weight excluding hydrogens is 374 g/mol. The molecule has 2 atom stereocenters. The van der Waals surface area contributed by atoms with Gasteiger partial charge in [0, 0.05) is 30.1 Å². The minimum Gasteiger partial charge on any atom is -0.494 e. The van der Waals surface area contributed by atoms with Crippen molar-refractivity contribution in [2.24, 2.45) is 11.8 Å². The first-order valence-corrected chi connectivity index (χ1v) is 9.41. The van der Waals surface area contributed by atoms with Crippen LogP contribution in [0, 0.1) is 11.8 Å². The van der Waals surface area contributed by atoms with E-state index < -0.39 is 11.9 Å². The van der Waals surface area contributed by atoms with Crippen LogP contribution in [0.5, 0.6) is 5.75 Å². The predicted octanol–water partition coefficient (Wildman–Crippen LogP) is 3.17. The minimum atomic E-state index is -0.849. The van der Waals surface area contributed by atoms with E-state index in [1.165, 1.54) is 13.3 Å². The highest BCUT2D eigenvalue weighted by atomic mass is 16.5. The molecule has 3 N–H and O–H groups in total. The lowest BCUT2D eigenvalue weighted by Gasteiger charge is -2.25. The van der Waals surface area contributed by atoms with Gasteiger partial charge in [-0.15, -0.1) is 0 Å². The zero-order valence-electron chi connectivity index (χ0n) is 16.1. The molecule has 1 aromatic heterocycles. The number of carbonyl (C=O) groups is 3. The molecule has 0 bridgehead atoms. The van der Waals surface area contributed by atoms with Gasteiger partial charge >= 0.3 is 5.97 Å². The van der Waals surface area contributed by atoms with Crippen molar-refractivity contribution in [1.82, 2.24) is 4.98 Å². The fraction of sp³-hybridized carbons (Fsp3) is 0.333. The number of carboxylic acids is 1. The molecule has 1 aliphatic rings. The van der Waals surface area contributed by atoms with E-state index in [1.54, 1.807) is 36.5 Å². The van der Waals surface area contributed by atoms with Gasteiger partial charge in [-0.25, -0.2) is 0 Å². The first kappa shape index (κ1) is 20.3. The lowest BCUT2D eigenvalue weighted by Crippen LogP contribution is -2.30. The topological polar surface area (TPSA) is 118 Å². The average molecular weight is 397 g/mol. The van der Waals surface area contributed by atoms with E-state index in [9.17, 15) is 19.5 Å². The number of ether oxygens (including phenoxy) is 1. The Kier molecular flexibility index (Phi) is 6.43. The predicted molar refractivity (Wildman–Crippen MR) is 107 cm³/mol. The van der Waals surface area contributed by atoms with E-state index in [-0.39, 0.29) is 17.7 Å². The fourth-order valence-corrected chi connectivity index (χ4v) is 3.46. The molecule has 2 amide bonds. The molecule has 0 radical (unpaired) electrons. The molecule has 8 nitrogen and oxygen atoms in total. The SMILES string of the molecule is COc1cc(NC(=O)C2CCCC(C(=O)O)C2)ccc1NC(=O)c1cccnc1. The van der Waals surface area contributed by atoms with E-state index >= 15 is 0 Å². The molecule has 2 aromatic rings. The molecule has 1 aliphatic carbocycles. The van der Waals surface area contributed by atoms with Crippen molar-refractivity contribution in [2.75, 3.05) is 17.7 Å². The Morgan fingerprint density at radius 3 is 2.62 bits per heavy atom. The van der Waals surface area contributed by atoms with Crippen LogP contribution < -0.4 is 15.4 Å². The molecule has 1 saturated carbocycles. The number of amides is 2. The lowest BCUT2D eigenvalue weighted by molar-refractivity contribution is -0.143. The summed E-state index contributed by atoms with van der Waals surface area (Å²) in [5.74, 6) is -1.79. The molecule has 0 spiro atoms. The smallest absolute Gasteiger partial charge is 0.306 e. The third-order valence-corrected chi connectivity index (χ3v) is 5.04. The van der Waals surface area contributed by atoms with Gasteiger partial charge in [-0.2, -0.15) is 0 Å². The molecule has 1 heterocycles. The fourth-order valence-electron chi connectivity index (χ4n) is 3.46. The second kappa shape index (κ2) is 9.18. The number of carbonyl (C=O) groups excluding carboxylic acids is 2. The maximum atomic E-state index is 12.6. The number of nitrogens with zero attached hydrogens (tertiary/aromatic N) is 1. The van der Waals surface area contributed by atoms with Crippen molar-refractivity contribution in [3.63, 3.8) is 0 Å². The number of aromatic nitrogens is 1. The summed E-state index contributed by atoms with van der Waals surface area (Å²) in [6, 6.07) is 8.25. The van der Waals surface area contributed by atoms with E-state index in [0.29, 0.717) is 42.0 Å². The summed E-state index contributed by atoms with van der Waals surface area (Å²) in [7, 11) is 1.47. The van der Waals surface area contributed by atoms with Gasteiger partial charge in [-0.05, 0) is 43.5 Å². The number of rotatable bonds is 6. The summed E-state index contributed by atoms with van der Waals surface area (Å²) >= 11 is 0. The molecule has 2 unspecified atom stereocenters. The van der Waals surface area contributed by atoms with Crippen LogP contribution in [0.15, 0.2) is 42.7 Å². The summed E-state index contributed by atoms with van der Waals surface area (Å²) in [4.78, 5) is 40.0. The summed E-state index contributed by atoms with van der Waals surface area (Å²) in [5, 5.41) is 14.8. The van der Waals surface area contributed by atoms with Crippen molar-refractivity contribution in [1.29, 1.82) is 0 Å². The van der Waals surface area contributed by atoms with Crippen molar-refractivity contribution < 1.29 is 24.2 Å². The molecule has 1 aromatic carbocycles. The van der Waals surface area contributed by atoms with Crippen LogP contribution in [0.1, 0.15) is 36.0 Å². The Balaban J connectivity index is 1.67. The highest BCUT2D eigenvalue weighted by molar-refractivity contribution is 6.05. The summed E-state index contributed by atoms with van der Waals surface area (Å²) in [5.41, 5.74) is 1.39. The number of pyridine rings is 1. The minimum absolute atomic E-state index is 0.204. The quantitative estimate of drug-likeness (QED) is 0.689. The molecule has 8 heteroatoms. The molecular formula is C21H23N3O5. The maximum absolute atomic E-state index is 12.6. The van der Waals surface area contributed by atoms with Gasteiger partial charge in [0.05, 0.1) is 24.3 Å². The standard InChI is InChI=1S/C21H23N3O5/c1-29-18-11-16(23-19(25)13-4-2-5-14(10-13)21(27)28)7-8-17(18)24-20(26)15-6-3-9-22-12-15/h3,6-9,11-14H,2,4-5,10H2,1H3,(H,23,25)(H,24,26)(H,27,28). The van der Waals surface area contributed by atoms with Gasteiger partial charge in [0.15, 0.2) is 0 Å². The summed E-state index contributed by atoms with van der Waals surface area (Å²) in [6.07, 6.45) is 5.39.